The first kappa shape index (κ1) is 21.4. The molecule has 4 amide bonds. The van der Waals surface area contributed by atoms with E-state index in [9.17, 15) is 14.4 Å². The van der Waals surface area contributed by atoms with Crippen LogP contribution in [-0.4, -0.2) is 57.8 Å². The number of barbiturate groups is 1. The summed E-state index contributed by atoms with van der Waals surface area (Å²) in [5.74, 6) is -1.37. The Hall–Kier alpha value is -3.09. The molecule has 3 aliphatic heterocycles. The molecule has 6 rings (SSSR count). The van der Waals surface area contributed by atoms with Gasteiger partial charge in [0, 0.05) is 19.2 Å². The number of ether oxygens (including phenoxy) is 1. The fourth-order valence-electron chi connectivity index (χ4n) is 5.39. The lowest BCUT2D eigenvalue weighted by atomic mass is 9.67. The van der Waals surface area contributed by atoms with Gasteiger partial charge in [0.15, 0.2) is 11.1 Å². The number of thiazole rings is 1. The van der Waals surface area contributed by atoms with Crippen LogP contribution in [0.15, 0.2) is 10.7 Å². The third-order valence-electron chi connectivity index (χ3n) is 6.63. The van der Waals surface area contributed by atoms with Gasteiger partial charge >= 0.3 is 6.03 Å². The van der Waals surface area contributed by atoms with Crippen LogP contribution in [0.2, 0.25) is 5.02 Å². The van der Waals surface area contributed by atoms with Gasteiger partial charge in [-0.25, -0.2) is 14.8 Å². The van der Waals surface area contributed by atoms with E-state index in [1.807, 2.05) is 18.7 Å². The quantitative estimate of drug-likeness (QED) is 0.479. The fourth-order valence-corrected chi connectivity index (χ4v) is 6.49. The van der Waals surface area contributed by atoms with E-state index in [1.54, 1.807) is 13.1 Å². The fraction of sp³-hybridized carbons (Fsp3) is 0.429. The van der Waals surface area contributed by atoms with Crippen LogP contribution in [0, 0.1) is 12.3 Å². The molecule has 2 fully saturated rings. The van der Waals surface area contributed by atoms with E-state index >= 15 is 0 Å². The van der Waals surface area contributed by atoms with Crippen molar-refractivity contribution in [2.45, 2.75) is 45.4 Å². The largest absolute Gasteiger partial charge is 0.372 e. The van der Waals surface area contributed by atoms with E-state index in [0.29, 0.717) is 39.7 Å². The van der Waals surface area contributed by atoms with E-state index in [1.165, 1.54) is 11.3 Å². The molecule has 3 aromatic rings. The van der Waals surface area contributed by atoms with Crippen molar-refractivity contribution in [2.24, 2.45) is 5.41 Å². The van der Waals surface area contributed by atoms with Crippen LogP contribution in [0.1, 0.15) is 24.5 Å². The normalized spacial score (nSPS) is 25.8. The van der Waals surface area contributed by atoms with E-state index in [2.05, 4.69) is 20.8 Å². The molecule has 0 saturated carbocycles. The molecular weight excluding hydrogens is 484 g/mol. The number of imide groups is 2. The molecule has 0 radical (unpaired) electrons. The molecule has 0 aliphatic carbocycles. The molecule has 0 aromatic carbocycles. The number of nitrogens with one attached hydrogen (secondary N) is 2. The molecule has 3 aliphatic rings. The smallest absolute Gasteiger partial charge is 0.328 e. The molecule has 3 atom stereocenters. The predicted molar refractivity (Wildman–Crippen MR) is 122 cm³/mol. The van der Waals surface area contributed by atoms with Crippen molar-refractivity contribution in [1.82, 2.24) is 25.8 Å². The number of rotatable bonds is 1. The zero-order chi connectivity index (χ0) is 23.9. The van der Waals surface area contributed by atoms with Crippen molar-refractivity contribution >= 4 is 57.6 Å². The molecule has 11 nitrogen and oxygen atoms in total. The predicted octanol–water partition coefficient (Wildman–Crippen LogP) is 2.20. The van der Waals surface area contributed by atoms with Crippen LogP contribution in [0.5, 0.6) is 0 Å². The zero-order valence-electron chi connectivity index (χ0n) is 18.3. The second kappa shape index (κ2) is 7.20. The van der Waals surface area contributed by atoms with Gasteiger partial charge in [0.2, 0.25) is 17.4 Å². The number of carbonyl (C=O) groups is 3. The summed E-state index contributed by atoms with van der Waals surface area (Å²) in [4.78, 5) is 50.2. The summed E-state index contributed by atoms with van der Waals surface area (Å²) in [5, 5.41) is 9.87. The molecule has 13 heteroatoms. The van der Waals surface area contributed by atoms with Crippen LogP contribution in [0.3, 0.4) is 0 Å². The second-order valence-electron chi connectivity index (χ2n) is 8.81. The van der Waals surface area contributed by atoms with Crippen molar-refractivity contribution in [3.05, 3.63) is 21.9 Å². The van der Waals surface area contributed by atoms with Crippen molar-refractivity contribution in [3.8, 4) is 10.6 Å². The maximum Gasteiger partial charge on any atom is 0.328 e. The van der Waals surface area contributed by atoms with Gasteiger partial charge < -0.3 is 14.2 Å². The number of nitrogens with zero attached hydrogens (tertiary/aromatic N) is 4. The van der Waals surface area contributed by atoms with Crippen molar-refractivity contribution in [1.29, 1.82) is 0 Å². The highest BCUT2D eigenvalue weighted by Crippen LogP contribution is 2.50. The monoisotopic (exact) mass is 502 g/mol. The number of morpholine rings is 1. The lowest BCUT2D eigenvalue weighted by molar-refractivity contribution is -0.153. The van der Waals surface area contributed by atoms with Gasteiger partial charge in [-0.05, 0) is 20.8 Å². The highest BCUT2D eigenvalue weighted by molar-refractivity contribution is 7.15. The Morgan fingerprint density at radius 2 is 1.97 bits per heavy atom. The third-order valence-corrected chi connectivity index (χ3v) is 7.90. The SMILES string of the molecule is Cc1ncc(-c2noc3c(Cl)c4c(nc23)CC2(C(=O)NC(=O)NC2=O)[C@H]2[C@H](C)O[C@H](C)CN42)s1. The number of carbonyl (C=O) groups excluding carboxylic acids is 3. The van der Waals surface area contributed by atoms with Gasteiger partial charge in [0.25, 0.3) is 0 Å². The van der Waals surface area contributed by atoms with E-state index in [4.69, 9.17) is 25.8 Å². The number of anilines is 1. The third kappa shape index (κ3) is 2.79. The number of amides is 4. The van der Waals surface area contributed by atoms with Gasteiger partial charge in [-0.3, -0.25) is 20.2 Å². The molecule has 176 valence electrons. The molecule has 2 saturated heterocycles. The van der Waals surface area contributed by atoms with Crippen molar-refractivity contribution in [3.63, 3.8) is 0 Å². The summed E-state index contributed by atoms with van der Waals surface area (Å²) in [5.41, 5.74) is 0.604. The molecule has 2 N–H and O–H groups in total. The summed E-state index contributed by atoms with van der Waals surface area (Å²) in [6.07, 6.45) is 0.892. The minimum absolute atomic E-state index is 0.0709. The van der Waals surface area contributed by atoms with E-state index in [-0.39, 0.29) is 12.5 Å². The molecule has 0 bridgehead atoms. The Labute approximate surface area is 201 Å². The maximum absolute atomic E-state index is 13.3. The van der Waals surface area contributed by atoms with Crippen molar-refractivity contribution < 1.29 is 23.6 Å². The summed E-state index contributed by atoms with van der Waals surface area (Å²) in [7, 11) is 0. The highest BCUT2D eigenvalue weighted by atomic mass is 35.5. The number of hydrogen-bond donors (Lipinski definition) is 2. The Kier molecular flexibility index (Phi) is 4.54. The van der Waals surface area contributed by atoms with Crippen LogP contribution >= 0.6 is 22.9 Å². The minimum atomic E-state index is -1.64. The summed E-state index contributed by atoms with van der Waals surface area (Å²) in [6, 6.07) is -1.56. The number of fused-ring (bicyclic) bond motifs is 5. The minimum Gasteiger partial charge on any atom is -0.372 e. The van der Waals surface area contributed by atoms with Crippen molar-refractivity contribution in [2.75, 3.05) is 11.4 Å². The summed E-state index contributed by atoms with van der Waals surface area (Å²) in [6.45, 7) is 5.94. The Morgan fingerprint density at radius 1 is 1.24 bits per heavy atom. The maximum atomic E-state index is 13.3. The number of aryl methyl sites for hydroxylation is 1. The second-order valence-corrected chi connectivity index (χ2v) is 10.4. The molecule has 0 unspecified atom stereocenters. The zero-order valence-corrected chi connectivity index (χ0v) is 19.9. The Morgan fingerprint density at radius 3 is 2.65 bits per heavy atom. The topological polar surface area (TPSA) is 140 Å². The summed E-state index contributed by atoms with van der Waals surface area (Å²) >= 11 is 8.32. The standard InChI is InChI=1S/C21H19ClN6O5S/c1-7-6-28-15-10(4-21(17(28)8(2)32-7)18(29)25-20(31)26-19(21)30)24-14-13(11-5-23-9(3)34-11)27-33-16(14)12(15)22/h5,7-8,17H,4,6H2,1-3H3,(H2,25,26,29,30,31)/t7-,8+,17-/m1/s1. The average Bonchev–Trinajstić information content (AvgIpc) is 3.37. The Balaban J connectivity index is 1.60. The van der Waals surface area contributed by atoms with Gasteiger partial charge in [0.1, 0.15) is 10.5 Å². The van der Waals surface area contributed by atoms with Crippen LogP contribution < -0.4 is 15.5 Å². The molecular formula is C21H19ClN6O5S. The number of hydrogen-bond acceptors (Lipinski definition) is 10. The number of aromatic nitrogens is 3. The van der Waals surface area contributed by atoms with Crippen LogP contribution in [0.4, 0.5) is 10.5 Å². The average molecular weight is 503 g/mol. The van der Waals surface area contributed by atoms with Gasteiger partial charge in [-0.1, -0.05) is 16.8 Å². The first-order valence-corrected chi connectivity index (χ1v) is 11.9. The molecule has 6 heterocycles. The van der Waals surface area contributed by atoms with Gasteiger partial charge in [-0.2, -0.15) is 0 Å². The number of urea groups is 1. The lowest BCUT2D eigenvalue weighted by Gasteiger charge is -2.55. The van der Waals surface area contributed by atoms with Gasteiger partial charge in [0.05, 0.1) is 39.5 Å². The van der Waals surface area contributed by atoms with Crippen LogP contribution in [0.25, 0.3) is 21.7 Å². The molecule has 34 heavy (non-hydrogen) atoms. The molecule has 3 aromatic heterocycles. The van der Waals surface area contributed by atoms with E-state index < -0.39 is 35.4 Å². The van der Waals surface area contributed by atoms with Crippen LogP contribution in [-0.2, 0) is 20.7 Å². The number of halogens is 1. The first-order valence-electron chi connectivity index (χ1n) is 10.7. The number of pyridine rings is 1. The lowest BCUT2D eigenvalue weighted by Crippen LogP contribution is -2.75. The highest BCUT2D eigenvalue weighted by Gasteiger charge is 2.63. The van der Waals surface area contributed by atoms with E-state index in [0.717, 1.165) is 9.88 Å². The summed E-state index contributed by atoms with van der Waals surface area (Å²) < 4.78 is 11.6. The first-order chi connectivity index (χ1) is 16.2. The van der Waals surface area contributed by atoms with Gasteiger partial charge in [-0.15, -0.1) is 11.3 Å². The molecule has 1 spiro atoms. The Bertz CT molecular complexity index is 1380.